The standard InChI is InChI=1S/C13H22N4O.ClH/c1-14-9-13(18)17-6-3-4-11(10-17)8-12-15-5-7-16(12)2;/h5,7,11,14H,3-4,6,8-10H2,1-2H3;1H. The van der Waals surface area contributed by atoms with Crippen molar-refractivity contribution in [2.24, 2.45) is 13.0 Å². The van der Waals surface area contributed by atoms with Crippen LogP contribution in [0, 0.1) is 5.92 Å². The predicted molar refractivity (Wildman–Crippen MR) is 77.4 cm³/mol. The van der Waals surface area contributed by atoms with Crippen LogP contribution in [0.4, 0.5) is 0 Å². The van der Waals surface area contributed by atoms with Crippen molar-refractivity contribution in [2.75, 3.05) is 26.7 Å². The summed E-state index contributed by atoms with van der Waals surface area (Å²) in [6.07, 6.45) is 7.07. The Labute approximate surface area is 120 Å². The van der Waals surface area contributed by atoms with Crippen LogP contribution in [0.2, 0.25) is 0 Å². The van der Waals surface area contributed by atoms with E-state index in [1.54, 1.807) is 0 Å². The Morgan fingerprint density at radius 1 is 1.58 bits per heavy atom. The van der Waals surface area contributed by atoms with E-state index in [-0.39, 0.29) is 18.3 Å². The lowest BCUT2D eigenvalue weighted by molar-refractivity contribution is -0.131. The van der Waals surface area contributed by atoms with Crippen molar-refractivity contribution in [3.05, 3.63) is 18.2 Å². The van der Waals surface area contributed by atoms with Gasteiger partial charge in [-0.15, -0.1) is 12.4 Å². The molecule has 108 valence electrons. The molecule has 1 N–H and O–H groups in total. The van der Waals surface area contributed by atoms with Gasteiger partial charge in [0.05, 0.1) is 6.54 Å². The number of carbonyl (C=O) groups excluding carboxylic acids is 1. The van der Waals surface area contributed by atoms with Gasteiger partial charge in [0.2, 0.25) is 5.91 Å². The number of nitrogens with zero attached hydrogens (tertiary/aromatic N) is 3. The van der Waals surface area contributed by atoms with Crippen molar-refractivity contribution in [1.82, 2.24) is 19.8 Å². The molecule has 1 aromatic heterocycles. The molecule has 1 unspecified atom stereocenters. The van der Waals surface area contributed by atoms with Crippen LogP contribution in [-0.2, 0) is 18.3 Å². The Morgan fingerprint density at radius 3 is 3.00 bits per heavy atom. The van der Waals surface area contributed by atoms with E-state index < -0.39 is 0 Å². The molecule has 5 nitrogen and oxygen atoms in total. The van der Waals surface area contributed by atoms with Crippen LogP contribution in [0.5, 0.6) is 0 Å². The van der Waals surface area contributed by atoms with Gasteiger partial charge in [0.1, 0.15) is 5.82 Å². The van der Waals surface area contributed by atoms with Gasteiger partial charge in [-0.05, 0) is 25.8 Å². The number of piperidine rings is 1. The molecule has 1 aliphatic rings. The molecule has 0 aliphatic carbocycles. The van der Waals surface area contributed by atoms with E-state index >= 15 is 0 Å². The number of likely N-dealkylation sites (N-methyl/N-ethyl adjacent to an activating group) is 1. The molecule has 1 fully saturated rings. The van der Waals surface area contributed by atoms with E-state index in [1.165, 1.54) is 6.42 Å². The number of hydrogen-bond acceptors (Lipinski definition) is 3. The first kappa shape index (κ1) is 16.0. The monoisotopic (exact) mass is 286 g/mol. The topological polar surface area (TPSA) is 50.2 Å². The van der Waals surface area contributed by atoms with Crippen molar-refractivity contribution in [1.29, 1.82) is 0 Å². The minimum Gasteiger partial charge on any atom is -0.341 e. The number of amides is 1. The first-order valence-electron chi connectivity index (χ1n) is 6.59. The maximum absolute atomic E-state index is 11.9. The maximum atomic E-state index is 11.9. The van der Waals surface area contributed by atoms with E-state index in [0.717, 1.165) is 31.8 Å². The second-order valence-corrected chi connectivity index (χ2v) is 5.04. The minimum atomic E-state index is 0. The number of nitrogens with one attached hydrogen (secondary N) is 1. The molecule has 2 heterocycles. The van der Waals surface area contributed by atoms with E-state index in [0.29, 0.717) is 12.5 Å². The predicted octanol–water partition coefficient (Wildman–Crippen LogP) is 0.842. The molecule has 1 atom stereocenters. The zero-order valence-corrected chi connectivity index (χ0v) is 12.4. The van der Waals surface area contributed by atoms with E-state index in [1.807, 2.05) is 31.4 Å². The molecule has 1 aromatic rings. The highest BCUT2D eigenvalue weighted by Gasteiger charge is 2.24. The maximum Gasteiger partial charge on any atom is 0.236 e. The summed E-state index contributed by atoms with van der Waals surface area (Å²) in [6, 6.07) is 0. The summed E-state index contributed by atoms with van der Waals surface area (Å²) >= 11 is 0. The van der Waals surface area contributed by atoms with Crippen LogP contribution >= 0.6 is 12.4 Å². The molecule has 1 amide bonds. The van der Waals surface area contributed by atoms with Crippen molar-refractivity contribution in [3.8, 4) is 0 Å². The van der Waals surface area contributed by atoms with Crippen molar-refractivity contribution in [3.63, 3.8) is 0 Å². The number of aromatic nitrogens is 2. The minimum absolute atomic E-state index is 0. The fourth-order valence-corrected chi connectivity index (χ4v) is 2.57. The Kier molecular flexibility index (Phi) is 6.31. The Hall–Kier alpha value is -1.07. The number of rotatable bonds is 4. The SMILES string of the molecule is CNCC(=O)N1CCCC(Cc2nccn2C)C1.Cl. The van der Waals surface area contributed by atoms with Crippen LogP contribution in [0.3, 0.4) is 0 Å². The molecule has 0 radical (unpaired) electrons. The molecular formula is C13H23ClN4O. The van der Waals surface area contributed by atoms with Crippen LogP contribution < -0.4 is 5.32 Å². The smallest absolute Gasteiger partial charge is 0.236 e. The molecule has 0 saturated carbocycles. The van der Waals surface area contributed by atoms with Gasteiger partial charge in [-0.1, -0.05) is 0 Å². The number of carbonyl (C=O) groups is 1. The normalized spacial score (nSPS) is 19.1. The van der Waals surface area contributed by atoms with Gasteiger partial charge >= 0.3 is 0 Å². The summed E-state index contributed by atoms with van der Waals surface area (Å²) in [5, 5.41) is 2.93. The van der Waals surface area contributed by atoms with E-state index in [9.17, 15) is 4.79 Å². The average Bonchev–Trinajstić information content (AvgIpc) is 2.76. The Balaban J connectivity index is 0.00000180. The zero-order valence-electron chi connectivity index (χ0n) is 11.6. The van der Waals surface area contributed by atoms with Crippen LogP contribution in [0.15, 0.2) is 12.4 Å². The lowest BCUT2D eigenvalue weighted by Crippen LogP contribution is -2.44. The first-order valence-corrected chi connectivity index (χ1v) is 6.59. The third-order valence-electron chi connectivity index (χ3n) is 3.59. The highest BCUT2D eigenvalue weighted by molar-refractivity contribution is 5.85. The second-order valence-electron chi connectivity index (χ2n) is 5.04. The van der Waals surface area contributed by atoms with Crippen molar-refractivity contribution >= 4 is 18.3 Å². The summed E-state index contributed by atoms with van der Waals surface area (Å²) in [6.45, 7) is 2.21. The molecular weight excluding hydrogens is 264 g/mol. The summed E-state index contributed by atoms with van der Waals surface area (Å²) in [4.78, 5) is 18.2. The van der Waals surface area contributed by atoms with Crippen LogP contribution in [0.1, 0.15) is 18.7 Å². The Bertz CT molecular complexity index is 407. The average molecular weight is 287 g/mol. The van der Waals surface area contributed by atoms with Crippen LogP contribution in [0.25, 0.3) is 0 Å². The van der Waals surface area contributed by atoms with Gasteiger partial charge < -0.3 is 14.8 Å². The molecule has 0 spiro atoms. The number of imidazole rings is 1. The summed E-state index contributed by atoms with van der Waals surface area (Å²) < 4.78 is 2.06. The van der Waals surface area contributed by atoms with Gasteiger partial charge in [-0.2, -0.15) is 0 Å². The third-order valence-corrected chi connectivity index (χ3v) is 3.59. The molecule has 2 rings (SSSR count). The Morgan fingerprint density at radius 2 is 2.37 bits per heavy atom. The number of likely N-dealkylation sites (tertiary alicyclic amines) is 1. The fourth-order valence-electron chi connectivity index (χ4n) is 2.57. The molecule has 1 aliphatic heterocycles. The van der Waals surface area contributed by atoms with E-state index in [2.05, 4.69) is 14.9 Å². The second kappa shape index (κ2) is 7.50. The fraction of sp³-hybridized carbons (Fsp3) is 0.692. The van der Waals surface area contributed by atoms with Crippen molar-refractivity contribution < 1.29 is 4.79 Å². The van der Waals surface area contributed by atoms with Crippen molar-refractivity contribution in [2.45, 2.75) is 19.3 Å². The number of halogens is 1. The lowest BCUT2D eigenvalue weighted by atomic mass is 9.94. The third kappa shape index (κ3) is 4.21. The summed E-state index contributed by atoms with van der Waals surface area (Å²) in [5.74, 6) is 1.87. The summed E-state index contributed by atoms with van der Waals surface area (Å²) in [5.41, 5.74) is 0. The highest BCUT2D eigenvalue weighted by Crippen LogP contribution is 2.20. The van der Waals surface area contributed by atoms with Gasteiger partial charge in [0.15, 0.2) is 0 Å². The highest BCUT2D eigenvalue weighted by atomic mass is 35.5. The van der Waals surface area contributed by atoms with Gasteiger partial charge in [0, 0.05) is 39.0 Å². The van der Waals surface area contributed by atoms with Gasteiger partial charge in [-0.3, -0.25) is 4.79 Å². The van der Waals surface area contributed by atoms with Crippen LogP contribution in [-0.4, -0.2) is 47.0 Å². The summed E-state index contributed by atoms with van der Waals surface area (Å²) in [7, 11) is 3.84. The zero-order chi connectivity index (χ0) is 13.0. The number of aryl methyl sites for hydroxylation is 1. The quantitative estimate of drug-likeness (QED) is 0.892. The molecule has 1 saturated heterocycles. The largest absolute Gasteiger partial charge is 0.341 e. The lowest BCUT2D eigenvalue weighted by Gasteiger charge is -2.32. The molecule has 6 heteroatoms. The van der Waals surface area contributed by atoms with E-state index in [4.69, 9.17) is 0 Å². The first-order chi connectivity index (χ1) is 8.70. The molecule has 19 heavy (non-hydrogen) atoms. The van der Waals surface area contributed by atoms with Gasteiger partial charge in [-0.25, -0.2) is 4.98 Å². The van der Waals surface area contributed by atoms with Gasteiger partial charge in [0.25, 0.3) is 0 Å². The molecule has 0 bridgehead atoms. The molecule has 0 aromatic carbocycles. The number of hydrogen-bond donors (Lipinski definition) is 1.